The maximum absolute atomic E-state index is 12.7. The highest BCUT2D eigenvalue weighted by atomic mass is 16.2. The maximum atomic E-state index is 12.7. The van der Waals surface area contributed by atoms with Crippen LogP contribution < -0.4 is 10.9 Å². The number of aromatic amines is 2. The van der Waals surface area contributed by atoms with E-state index in [1.807, 2.05) is 19.1 Å². The van der Waals surface area contributed by atoms with Gasteiger partial charge in [-0.3, -0.25) is 19.4 Å². The highest BCUT2D eigenvalue weighted by molar-refractivity contribution is 6.48. The first-order valence-corrected chi connectivity index (χ1v) is 9.05. The third-order valence-corrected chi connectivity index (χ3v) is 4.46. The molecule has 1 aromatic carbocycles. The molecule has 1 amide bonds. The Balaban J connectivity index is 1.67. The number of rotatable bonds is 5. The van der Waals surface area contributed by atoms with Crippen LogP contribution >= 0.6 is 0 Å². The summed E-state index contributed by atoms with van der Waals surface area (Å²) in [5, 5.41) is 7.52. The molecule has 0 bridgehead atoms. The lowest BCUT2D eigenvalue weighted by Crippen LogP contribution is -2.25. The van der Waals surface area contributed by atoms with Gasteiger partial charge in [0, 0.05) is 34.9 Å². The molecule has 29 heavy (non-hydrogen) atoms. The summed E-state index contributed by atoms with van der Waals surface area (Å²) in [6, 6.07) is 10.2. The minimum Gasteiger partial charge on any atom is -0.360 e. The summed E-state index contributed by atoms with van der Waals surface area (Å²) in [5.41, 5.74) is 1.89. The van der Waals surface area contributed by atoms with Gasteiger partial charge >= 0.3 is 0 Å². The third kappa shape index (κ3) is 3.45. The average molecular weight is 390 g/mol. The van der Waals surface area contributed by atoms with E-state index < -0.39 is 11.7 Å². The predicted molar refractivity (Wildman–Crippen MR) is 107 cm³/mol. The van der Waals surface area contributed by atoms with Crippen molar-refractivity contribution in [1.29, 1.82) is 0 Å². The van der Waals surface area contributed by atoms with Crippen LogP contribution in [0.5, 0.6) is 0 Å². The molecule has 0 aliphatic heterocycles. The first kappa shape index (κ1) is 18.4. The summed E-state index contributed by atoms with van der Waals surface area (Å²) in [6.45, 7) is 3.61. The molecule has 0 radical (unpaired) electrons. The van der Waals surface area contributed by atoms with Crippen molar-refractivity contribution >= 4 is 28.4 Å². The van der Waals surface area contributed by atoms with Crippen LogP contribution in [0.2, 0.25) is 0 Å². The van der Waals surface area contributed by atoms with Crippen molar-refractivity contribution in [2.75, 3.05) is 5.32 Å². The maximum Gasteiger partial charge on any atom is 0.298 e. The van der Waals surface area contributed by atoms with Crippen LogP contribution in [0.1, 0.15) is 28.7 Å². The van der Waals surface area contributed by atoms with Crippen LogP contribution in [0, 0.1) is 6.92 Å². The molecule has 0 aliphatic carbocycles. The minimum atomic E-state index is -0.815. The number of aromatic nitrogens is 5. The van der Waals surface area contributed by atoms with Gasteiger partial charge in [0.2, 0.25) is 5.95 Å². The van der Waals surface area contributed by atoms with E-state index in [-0.39, 0.29) is 22.9 Å². The van der Waals surface area contributed by atoms with E-state index in [0.29, 0.717) is 23.2 Å². The third-order valence-electron chi connectivity index (χ3n) is 4.46. The van der Waals surface area contributed by atoms with Crippen molar-refractivity contribution in [3.8, 4) is 5.95 Å². The quantitative estimate of drug-likeness (QED) is 0.355. The van der Waals surface area contributed by atoms with Gasteiger partial charge in [-0.15, -0.1) is 0 Å². The van der Waals surface area contributed by atoms with Gasteiger partial charge in [0.1, 0.15) is 5.82 Å². The van der Waals surface area contributed by atoms with Crippen molar-refractivity contribution < 1.29 is 9.59 Å². The van der Waals surface area contributed by atoms with Crippen LogP contribution in [0.25, 0.3) is 16.9 Å². The number of carbonyl (C=O) groups excluding carboxylic acids is 2. The molecule has 0 saturated heterocycles. The number of nitrogens with zero attached hydrogens (tertiary/aromatic N) is 3. The number of para-hydroxylation sites is 1. The standard InChI is InChI=1S/C20H18N6O3/c1-3-12-9-17(27)24-20(22-12)26-16(8-11(2)25-26)23-19(29)18(28)14-10-21-15-7-5-4-6-13(14)15/h4-10,21H,3H2,1-2H3,(H,23,29)(H,22,24,27). The van der Waals surface area contributed by atoms with E-state index >= 15 is 0 Å². The molecule has 0 saturated carbocycles. The molecule has 146 valence electrons. The largest absolute Gasteiger partial charge is 0.360 e. The summed E-state index contributed by atoms with van der Waals surface area (Å²) in [5.74, 6) is -1.10. The number of carbonyl (C=O) groups is 2. The zero-order valence-corrected chi connectivity index (χ0v) is 15.8. The molecule has 3 N–H and O–H groups in total. The van der Waals surface area contributed by atoms with Gasteiger partial charge in [-0.05, 0) is 19.4 Å². The van der Waals surface area contributed by atoms with Gasteiger partial charge in [-0.25, -0.2) is 4.98 Å². The molecule has 0 unspecified atom stereocenters. The summed E-state index contributed by atoms with van der Waals surface area (Å²) < 4.78 is 1.30. The highest BCUT2D eigenvalue weighted by Gasteiger charge is 2.22. The number of H-pyrrole nitrogens is 2. The molecule has 0 atom stereocenters. The molecule has 4 rings (SSSR count). The van der Waals surface area contributed by atoms with E-state index in [1.54, 1.807) is 25.1 Å². The highest BCUT2D eigenvalue weighted by Crippen LogP contribution is 2.19. The molecule has 0 aliphatic rings. The van der Waals surface area contributed by atoms with E-state index in [4.69, 9.17) is 0 Å². The van der Waals surface area contributed by atoms with Crippen LogP contribution in [-0.4, -0.2) is 36.4 Å². The monoisotopic (exact) mass is 390 g/mol. The Bertz CT molecular complexity index is 1300. The topological polar surface area (TPSA) is 126 Å². The molecule has 3 heterocycles. The second-order valence-electron chi connectivity index (χ2n) is 6.53. The second-order valence-corrected chi connectivity index (χ2v) is 6.53. The number of benzene rings is 1. The number of Topliss-reactive ketones (excluding diaryl/α,β-unsaturated/α-hetero) is 1. The lowest BCUT2D eigenvalue weighted by Gasteiger charge is -2.08. The Kier molecular flexibility index (Phi) is 4.55. The fourth-order valence-corrected chi connectivity index (χ4v) is 3.08. The lowest BCUT2D eigenvalue weighted by atomic mass is 10.1. The van der Waals surface area contributed by atoms with Crippen molar-refractivity contribution in [3.05, 3.63) is 69.9 Å². The number of hydrogen-bond acceptors (Lipinski definition) is 5. The van der Waals surface area contributed by atoms with Crippen LogP contribution in [0.3, 0.4) is 0 Å². The van der Waals surface area contributed by atoms with Crippen molar-refractivity contribution in [1.82, 2.24) is 24.7 Å². The van der Waals surface area contributed by atoms with Crippen molar-refractivity contribution in [3.63, 3.8) is 0 Å². The Labute approximate surface area is 164 Å². The number of hydrogen-bond donors (Lipinski definition) is 3. The van der Waals surface area contributed by atoms with Gasteiger partial charge in [0.15, 0.2) is 0 Å². The normalized spacial score (nSPS) is 11.0. The first-order valence-electron chi connectivity index (χ1n) is 9.05. The van der Waals surface area contributed by atoms with Crippen LogP contribution in [0.15, 0.2) is 47.4 Å². The lowest BCUT2D eigenvalue weighted by molar-refractivity contribution is -0.112. The summed E-state index contributed by atoms with van der Waals surface area (Å²) in [7, 11) is 0. The van der Waals surface area contributed by atoms with Crippen molar-refractivity contribution in [2.45, 2.75) is 20.3 Å². The number of aryl methyl sites for hydroxylation is 2. The number of anilines is 1. The summed E-state index contributed by atoms with van der Waals surface area (Å²) >= 11 is 0. The van der Waals surface area contributed by atoms with E-state index in [2.05, 4.69) is 25.4 Å². The Hall–Kier alpha value is -4.01. The molecular formula is C20H18N6O3. The van der Waals surface area contributed by atoms with Crippen LogP contribution in [-0.2, 0) is 11.2 Å². The number of amides is 1. The Morgan fingerprint density at radius 2 is 2.00 bits per heavy atom. The smallest absolute Gasteiger partial charge is 0.298 e. The van der Waals surface area contributed by atoms with E-state index in [9.17, 15) is 14.4 Å². The van der Waals surface area contributed by atoms with E-state index in [0.717, 1.165) is 5.52 Å². The molecule has 0 fully saturated rings. The molecule has 0 spiro atoms. The van der Waals surface area contributed by atoms with Crippen molar-refractivity contribution in [2.24, 2.45) is 0 Å². The fraction of sp³-hybridized carbons (Fsp3) is 0.150. The molecule has 9 heteroatoms. The number of fused-ring (bicyclic) bond motifs is 1. The zero-order chi connectivity index (χ0) is 20.5. The predicted octanol–water partition coefficient (Wildman–Crippen LogP) is 2.13. The molecule has 3 aromatic heterocycles. The molecule has 4 aromatic rings. The minimum absolute atomic E-state index is 0.164. The van der Waals surface area contributed by atoms with Gasteiger partial charge in [0.25, 0.3) is 17.2 Å². The van der Waals surface area contributed by atoms with Gasteiger partial charge in [0.05, 0.1) is 11.3 Å². The van der Waals surface area contributed by atoms with Gasteiger partial charge in [-0.1, -0.05) is 25.1 Å². The molecular weight excluding hydrogens is 372 g/mol. The number of ketones is 1. The Morgan fingerprint density at radius 3 is 2.79 bits per heavy atom. The average Bonchev–Trinajstić information content (AvgIpc) is 3.30. The van der Waals surface area contributed by atoms with Gasteiger partial charge in [-0.2, -0.15) is 9.78 Å². The SMILES string of the molecule is CCc1cc(=O)[nH]c(-n2nc(C)cc2NC(=O)C(=O)c2c[nH]c3ccccc23)n1. The first-order chi connectivity index (χ1) is 14.0. The molecule has 9 nitrogen and oxygen atoms in total. The summed E-state index contributed by atoms with van der Waals surface area (Å²) in [6.07, 6.45) is 2.08. The zero-order valence-electron chi connectivity index (χ0n) is 15.8. The number of nitrogens with one attached hydrogen (secondary N) is 3. The van der Waals surface area contributed by atoms with E-state index in [1.165, 1.54) is 16.9 Å². The van der Waals surface area contributed by atoms with Crippen LogP contribution in [0.4, 0.5) is 5.82 Å². The fourth-order valence-electron chi connectivity index (χ4n) is 3.08. The summed E-state index contributed by atoms with van der Waals surface area (Å²) in [4.78, 5) is 47.1. The Morgan fingerprint density at radius 1 is 1.21 bits per heavy atom. The second kappa shape index (κ2) is 7.19. The van der Waals surface area contributed by atoms with Gasteiger partial charge < -0.3 is 10.3 Å².